The van der Waals surface area contributed by atoms with Crippen LogP contribution in [0.2, 0.25) is 0 Å². The van der Waals surface area contributed by atoms with Crippen LogP contribution in [-0.2, 0) is 0 Å². The lowest BCUT2D eigenvalue weighted by Gasteiger charge is -2.18. The summed E-state index contributed by atoms with van der Waals surface area (Å²) in [5, 5.41) is 15.8. The van der Waals surface area contributed by atoms with Crippen LogP contribution in [0, 0.1) is 0 Å². The van der Waals surface area contributed by atoms with Crippen molar-refractivity contribution in [1.82, 2.24) is 0 Å². The van der Waals surface area contributed by atoms with Crippen LogP contribution in [-0.4, -0.2) is 13.2 Å². The van der Waals surface area contributed by atoms with Gasteiger partial charge in [-0.2, -0.15) is 0 Å². The van der Waals surface area contributed by atoms with Gasteiger partial charge >= 0.3 is 0 Å². The molecule has 2 heteroatoms. The van der Waals surface area contributed by atoms with Crippen LogP contribution in [0.15, 0.2) is 84.9 Å². The Labute approximate surface area is 324 Å². The zero-order valence-electron chi connectivity index (χ0n) is 33.5. The van der Waals surface area contributed by atoms with Crippen molar-refractivity contribution in [3.8, 4) is 11.5 Å². The molecule has 0 aromatic heterocycles. The molecule has 0 spiro atoms. The predicted molar refractivity (Wildman–Crippen MR) is 237 cm³/mol. The highest BCUT2D eigenvalue weighted by Gasteiger charge is 2.18. The molecule has 0 unspecified atom stereocenters. The average Bonchev–Trinajstić information content (AvgIpc) is 3.20. The highest BCUT2D eigenvalue weighted by Crippen LogP contribution is 2.46. The Morgan fingerprint density at radius 1 is 0.315 bits per heavy atom. The smallest absolute Gasteiger partial charge is 0.119 e. The van der Waals surface area contributed by atoms with Gasteiger partial charge in [-0.1, -0.05) is 178 Å². The monoisotopic (exact) mass is 720 g/mol. The van der Waals surface area contributed by atoms with Crippen LogP contribution >= 0.6 is 0 Å². The first kappa shape index (κ1) is 38.2. The molecule has 0 N–H and O–H groups in total. The second kappa shape index (κ2) is 19.5. The largest absolute Gasteiger partial charge is 0.494 e. The Morgan fingerprint density at radius 3 is 1.06 bits per heavy atom. The molecule has 0 aliphatic carbocycles. The zero-order valence-corrected chi connectivity index (χ0v) is 33.5. The Balaban J connectivity index is 1.05. The van der Waals surface area contributed by atoms with E-state index >= 15 is 0 Å². The number of ether oxygens (including phenoxy) is 2. The van der Waals surface area contributed by atoms with Crippen molar-refractivity contribution in [1.29, 1.82) is 0 Å². The van der Waals surface area contributed by atoms with E-state index in [4.69, 9.17) is 9.47 Å². The summed E-state index contributed by atoms with van der Waals surface area (Å²) in [6.45, 7) is 6.16. The fourth-order valence-corrected chi connectivity index (χ4v) is 8.99. The van der Waals surface area contributed by atoms with Gasteiger partial charge in [-0.3, -0.25) is 0 Å². The van der Waals surface area contributed by atoms with Crippen LogP contribution in [0.5, 0.6) is 11.5 Å². The molecular weight excluding hydrogens is 657 g/mol. The highest BCUT2D eigenvalue weighted by molar-refractivity contribution is 6.40. The number of benzene rings is 7. The van der Waals surface area contributed by atoms with E-state index in [-0.39, 0.29) is 0 Å². The average molecular weight is 721 g/mol. The minimum absolute atomic E-state index is 0.790. The molecule has 0 amide bonds. The van der Waals surface area contributed by atoms with Gasteiger partial charge in [-0.25, -0.2) is 0 Å². The molecule has 284 valence electrons. The maximum Gasteiger partial charge on any atom is 0.119 e. The summed E-state index contributed by atoms with van der Waals surface area (Å²) in [4.78, 5) is 0. The maximum atomic E-state index is 6.34. The lowest BCUT2D eigenvalue weighted by atomic mass is 9.85. The van der Waals surface area contributed by atoms with E-state index in [0.717, 1.165) is 37.6 Å². The minimum atomic E-state index is 0.790. The van der Waals surface area contributed by atoms with Crippen molar-refractivity contribution in [3.63, 3.8) is 0 Å². The standard InChI is InChI=1S/C52H64O2/c1-3-5-7-9-11-13-15-17-19-23-33-53-41-27-29-43-39(35-41)37-49-45-25-21-22-26-46(45)50-38-40-36-42(54-34-24-20-18-16-14-12-10-8-6-4-2)28-30-44(40)48-32-31-47(43)51(49)52(48)50/h21-22,25-32,35-38H,3-20,23-24,33-34H2,1-2H3. The van der Waals surface area contributed by atoms with Crippen LogP contribution in [0.3, 0.4) is 0 Å². The van der Waals surface area contributed by atoms with Crippen molar-refractivity contribution in [2.75, 3.05) is 13.2 Å². The van der Waals surface area contributed by atoms with E-state index in [2.05, 4.69) is 98.8 Å². The van der Waals surface area contributed by atoms with Crippen LogP contribution < -0.4 is 9.47 Å². The van der Waals surface area contributed by atoms with Crippen molar-refractivity contribution in [2.24, 2.45) is 0 Å². The normalized spacial score (nSPS) is 12.0. The molecule has 7 aromatic rings. The first-order chi connectivity index (χ1) is 26.8. The second-order valence-electron chi connectivity index (χ2n) is 16.1. The van der Waals surface area contributed by atoms with Gasteiger partial charge in [-0.05, 0) is 114 Å². The minimum Gasteiger partial charge on any atom is -0.494 e. The molecule has 0 aliphatic rings. The van der Waals surface area contributed by atoms with E-state index in [1.807, 2.05) is 0 Å². The summed E-state index contributed by atoms with van der Waals surface area (Å²) in [5.41, 5.74) is 0. The summed E-state index contributed by atoms with van der Waals surface area (Å²) in [7, 11) is 0. The lowest BCUT2D eigenvalue weighted by molar-refractivity contribution is 0.304. The predicted octanol–water partition coefficient (Wildman–Crippen LogP) is 16.6. The molecule has 0 atom stereocenters. The van der Waals surface area contributed by atoms with E-state index in [1.54, 1.807) is 0 Å². The molecule has 0 bridgehead atoms. The van der Waals surface area contributed by atoms with Gasteiger partial charge in [0.25, 0.3) is 0 Å². The molecule has 54 heavy (non-hydrogen) atoms. The van der Waals surface area contributed by atoms with Crippen LogP contribution in [0.4, 0.5) is 0 Å². The highest BCUT2D eigenvalue weighted by atomic mass is 16.5. The van der Waals surface area contributed by atoms with Gasteiger partial charge in [0, 0.05) is 0 Å². The Hall–Kier alpha value is -4.04. The zero-order chi connectivity index (χ0) is 37.0. The molecule has 0 fully saturated rings. The molecule has 0 heterocycles. The fourth-order valence-electron chi connectivity index (χ4n) is 8.99. The summed E-state index contributed by atoms with van der Waals surface area (Å²) in [5.74, 6) is 1.96. The molecule has 0 aliphatic heterocycles. The molecule has 0 saturated carbocycles. The summed E-state index contributed by atoms with van der Waals surface area (Å²) in [6.07, 6.45) is 26.8. The van der Waals surface area contributed by atoms with E-state index in [9.17, 15) is 0 Å². The third-order valence-corrected chi connectivity index (χ3v) is 12.0. The van der Waals surface area contributed by atoms with Gasteiger partial charge in [0.05, 0.1) is 13.2 Å². The quantitative estimate of drug-likeness (QED) is 0.0351. The van der Waals surface area contributed by atoms with E-state index in [0.29, 0.717) is 0 Å². The summed E-state index contributed by atoms with van der Waals surface area (Å²) < 4.78 is 12.7. The van der Waals surface area contributed by atoms with Crippen molar-refractivity contribution in [2.45, 2.75) is 142 Å². The van der Waals surface area contributed by atoms with Gasteiger partial charge in [0.15, 0.2) is 0 Å². The third kappa shape index (κ3) is 9.07. The van der Waals surface area contributed by atoms with Crippen LogP contribution in [0.25, 0.3) is 64.6 Å². The van der Waals surface area contributed by atoms with Crippen LogP contribution in [0.1, 0.15) is 142 Å². The molecule has 0 saturated heterocycles. The topological polar surface area (TPSA) is 18.5 Å². The number of fused-ring (bicyclic) bond motifs is 7. The lowest BCUT2D eigenvalue weighted by Crippen LogP contribution is -1.98. The Kier molecular flexibility index (Phi) is 13.8. The third-order valence-electron chi connectivity index (χ3n) is 12.0. The van der Waals surface area contributed by atoms with E-state index in [1.165, 1.54) is 180 Å². The summed E-state index contributed by atoms with van der Waals surface area (Å²) >= 11 is 0. The van der Waals surface area contributed by atoms with Crippen molar-refractivity contribution >= 4 is 64.6 Å². The maximum absolute atomic E-state index is 6.34. The Morgan fingerprint density at radius 2 is 0.667 bits per heavy atom. The van der Waals surface area contributed by atoms with Gasteiger partial charge in [0.1, 0.15) is 11.5 Å². The summed E-state index contributed by atoms with van der Waals surface area (Å²) in [6, 6.07) is 32.0. The molecule has 2 nitrogen and oxygen atoms in total. The number of unbranched alkanes of at least 4 members (excludes halogenated alkanes) is 18. The fraction of sp³-hybridized carbons (Fsp3) is 0.462. The molecule has 0 radical (unpaired) electrons. The van der Waals surface area contributed by atoms with Crippen molar-refractivity contribution in [3.05, 3.63) is 84.9 Å². The number of hydrogen-bond donors (Lipinski definition) is 0. The Bertz CT molecular complexity index is 2070. The van der Waals surface area contributed by atoms with E-state index < -0.39 is 0 Å². The SMILES string of the molecule is CCCCCCCCCCCCOc1ccc2c(c1)cc1c3ccccc3c3cc4cc(OCCCCCCCCCCCC)ccc4c4ccc2c1c43. The van der Waals surface area contributed by atoms with Gasteiger partial charge in [0.2, 0.25) is 0 Å². The first-order valence-corrected chi connectivity index (χ1v) is 22.0. The second-order valence-corrected chi connectivity index (χ2v) is 16.1. The first-order valence-electron chi connectivity index (χ1n) is 22.0. The molecule has 7 rings (SSSR count). The van der Waals surface area contributed by atoms with Crippen molar-refractivity contribution < 1.29 is 9.47 Å². The number of hydrogen-bond acceptors (Lipinski definition) is 2. The molecular formula is C52H64O2. The molecule has 7 aromatic carbocycles. The van der Waals surface area contributed by atoms with Gasteiger partial charge in [-0.15, -0.1) is 0 Å². The number of rotatable bonds is 24. The van der Waals surface area contributed by atoms with Gasteiger partial charge < -0.3 is 9.47 Å².